The molecular formula is C16H16ClI3N2O7. The van der Waals surface area contributed by atoms with Gasteiger partial charge in [0.25, 0.3) is 5.91 Å². The van der Waals surface area contributed by atoms with E-state index in [0.717, 1.165) is 18.9 Å². The minimum atomic E-state index is -1.21. The molecule has 0 aromatic heterocycles. The summed E-state index contributed by atoms with van der Waals surface area (Å²) in [6, 6.07) is 1.52. The zero-order valence-corrected chi connectivity index (χ0v) is 22.6. The Bertz CT molecular complexity index is 849. The molecule has 0 atom stereocenters. The maximum atomic E-state index is 13.2. The minimum absolute atomic E-state index is 0. The normalized spacial score (nSPS) is 9.86. The van der Waals surface area contributed by atoms with Crippen molar-refractivity contribution in [1.82, 2.24) is 10.0 Å². The van der Waals surface area contributed by atoms with Crippen molar-refractivity contribution >= 4 is 110 Å². The first-order valence-corrected chi connectivity index (χ1v) is 10.8. The van der Waals surface area contributed by atoms with Crippen LogP contribution in [0.5, 0.6) is 0 Å². The number of halogens is 4. The van der Waals surface area contributed by atoms with Crippen molar-refractivity contribution in [3.8, 4) is 0 Å². The van der Waals surface area contributed by atoms with Gasteiger partial charge in [-0.2, -0.15) is 5.01 Å². The van der Waals surface area contributed by atoms with E-state index in [1.807, 2.05) is 45.2 Å². The Kier molecular flexibility index (Phi) is 11.9. The number of amides is 3. The highest BCUT2D eigenvalue weighted by atomic mass is 127. The standard InChI is InChI=1S/C16H15I3N2O7.ClH/c1-7(22)21(8(2)23)20(4-5-28-9(3)24)15(25)12-10(17)6-11(18)13(14(12)19)16(26)27;/h6H,4-5H2,1-3H3,(H,26,27);1H. The lowest BCUT2D eigenvalue weighted by molar-refractivity contribution is -0.158. The number of hydrogen-bond acceptors (Lipinski definition) is 6. The Morgan fingerprint density at radius 1 is 0.966 bits per heavy atom. The molecule has 29 heavy (non-hydrogen) atoms. The number of carbonyl (C=O) groups excluding carboxylic acids is 4. The van der Waals surface area contributed by atoms with E-state index in [4.69, 9.17) is 4.74 Å². The molecule has 0 bridgehead atoms. The molecule has 9 nitrogen and oxygen atoms in total. The SMILES string of the molecule is CC(=O)OCCN(C(=O)c1c(I)cc(I)c(C(=O)O)c1I)N(C(C)=O)C(C)=O.Cl. The van der Waals surface area contributed by atoms with Gasteiger partial charge in [-0.15, -0.1) is 12.4 Å². The largest absolute Gasteiger partial charge is 0.478 e. The van der Waals surface area contributed by atoms with Gasteiger partial charge in [0.15, 0.2) is 0 Å². The zero-order valence-electron chi connectivity index (χ0n) is 15.3. The van der Waals surface area contributed by atoms with Crippen molar-refractivity contribution in [2.45, 2.75) is 20.8 Å². The summed E-state index contributed by atoms with van der Waals surface area (Å²) >= 11 is 5.49. The first-order chi connectivity index (χ1) is 12.9. The molecule has 1 aromatic carbocycles. The number of hydrogen-bond donors (Lipinski definition) is 1. The van der Waals surface area contributed by atoms with E-state index in [1.165, 1.54) is 13.0 Å². The summed E-state index contributed by atoms with van der Waals surface area (Å²) in [6.07, 6.45) is 0. The molecular weight excluding hydrogens is 748 g/mol. The number of benzene rings is 1. The lowest BCUT2D eigenvalue weighted by Crippen LogP contribution is -2.53. The summed E-state index contributed by atoms with van der Waals surface area (Å²) in [7, 11) is 0. The van der Waals surface area contributed by atoms with Gasteiger partial charge < -0.3 is 9.84 Å². The third-order valence-corrected chi connectivity index (χ3v) is 6.06. The van der Waals surface area contributed by atoms with Crippen LogP contribution in [0.3, 0.4) is 0 Å². The highest BCUT2D eigenvalue weighted by Gasteiger charge is 2.32. The van der Waals surface area contributed by atoms with Crippen LogP contribution in [0.15, 0.2) is 6.07 Å². The Balaban J connectivity index is 0.00000784. The fourth-order valence-corrected chi connectivity index (χ4v) is 6.54. The molecule has 0 unspecified atom stereocenters. The number of nitrogens with zero attached hydrogens (tertiary/aromatic N) is 2. The van der Waals surface area contributed by atoms with Crippen LogP contribution in [0.25, 0.3) is 0 Å². The monoisotopic (exact) mass is 764 g/mol. The minimum Gasteiger partial charge on any atom is -0.478 e. The number of carbonyl (C=O) groups is 5. The molecule has 0 fully saturated rings. The number of hydrazine groups is 1. The van der Waals surface area contributed by atoms with Gasteiger partial charge in [0.1, 0.15) is 6.61 Å². The summed E-state index contributed by atoms with van der Waals surface area (Å²) in [5, 5.41) is 10.9. The van der Waals surface area contributed by atoms with E-state index < -0.39 is 29.7 Å². The number of ether oxygens (including phenoxy) is 1. The summed E-state index contributed by atoms with van der Waals surface area (Å²) in [4.78, 5) is 59.8. The van der Waals surface area contributed by atoms with Crippen molar-refractivity contribution in [3.05, 3.63) is 27.9 Å². The molecule has 1 rings (SSSR count). The maximum Gasteiger partial charge on any atom is 0.337 e. The average Bonchev–Trinajstić information content (AvgIpc) is 2.51. The lowest BCUT2D eigenvalue weighted by atomic mass is 10.1. The molecule has 3 amide bonds. The topological polar surface area (TPSA) is 121 Å². The van der Waals surface area contributed by atoms with Gasteiger partial charge in [-0.05, 0) is 73.8 Å². The summed E-state index contributed by atoms with van der Waals surface area (Å²) in [5.74, 6) is -3.97. The molecule has 0 aliphatic rings. The van der Waals surface area contributed by atoms with Crippen LogP contribution in [0, 0.1) is 10.7 Å². The number of esters is 1. The molecule has 1 aromatic rings. The molecule has 0 aliphatic heterocycles. The molecule has 0 saturated heterocycles. The van der Waals surface area contributed by atoms with Crippen LogP contribution in [-0.4, -0.2) is 57.9 Å². The highest BCUT2D eigenvalue weighted by Crippen LogP contribution is 2.29. The van der Waals surface area contributed by atoms with E-state index in [2.05, 4.69) is 0 Å². The quantitative estimate of drug-likeness (QED) is 0.278. The fourth-order valence-electron chi connectivity index (χ4n) is 2.24. The van der Waals surface area contributed by atoms with Crippen LogP contribution in [0.1, 0.15) is 41.5 Å². The molecule has 1 N–H and O–H groups in total. The van der Waals surface area contributed by atoms with E-state index in [1.54, 1.807) is 22.6 Å². The van der Waals surface area contributed by atoms with Gasteiger partial charge in [-0.1, -0.05) is 0 Å². The van der Waals surface area contributed by atoms with Gasteiger partial charge in [0, 0.05) is 31.5 Å². The first kappa shape index (κ1) is 28.2. The van der Waals surface area contributed by atoms with Crippen LogP contribution >= 0.6 is 80.2 Å². The van der Waals surface area contributed by atoms with Gasteiger partial charge in [-0.25, -0.2) is 9.80 Å². The summed E-state index contributed by atoms with van der Waals surface area (Å²) < 4.78 is 5.90. The fraction of sp³-hybridized carbons (Fsp3) is 0.312. The second-order valence-corrected chi connectivity index (χ2v) is 8.73. The van der Waals surface area contributed by atoms with Crippen LogP contribution < -0.4 is 0 Å². The van der Waals surface area contributed by atoms with Gasteiger partial charge in [-0.3, -0.25) is 19.2 Å². The van der Waals surface area contributed by atoms with Crippen molar-refractivity contribution in [1.29, 1.82) is 0 Å². The van der Waals surface area contributed by atoms with Crippen molar-refractivity contribution < 1.29 is 33.8 Å². The number of aromatic carboxylic acids is 1. The van der Waals surface area contributed by atoms with Crippen LogP contribution in [-0.2, 0) is 19.1 Å². The number of imide groups is 1. The van der Waals surface area contributed by atoms with E-state index in [9.17, 15) is 29.1 Å². The first-order valence-electron chi connectivity index (χ1n) is 7.57. The molecule has 0 radical (unpaired) electrons. The third-order valence-electron chi connectivity index (χ3n) is 3.28. The Morgan fingerprint density at radius 3 is 1.86 bits per heavy atom. The molecule has 160 valence electrons. The molecule has 13 heteroatoms. The maximum absolute atomic E-state index is 13.2. The molecule has 0 aliphatic carbocycles. The number of carboxylic acid groups (broad SMARTS) is 1. The van der Waals surface area contributed by atoms with Crippen molar-refractivity contribution in [2.75, 3.05) is 13.2 Å². The second-order valence-electron chi connectivity index (χ2n) is 5.33. The predicted molar refractivity (Wildman–Crippen MR) is 130 cm³/mol. The van der Waals surface area contributed by atoms with E-state index >= 15 is 0 Å². The van der Waals surface area contributed by atoms with Gasteiger partial charge in [0.2, 0.25) is 11.8 Å². The van der Waals surface area contributed by atoms with Gasteiger partial charge >= 0.3 is 11.9 Å². The van der Waals surface area contributed by atoms with Crippen LogP contribution in [0.4, 0.5) is 0 Å². The Hall–Kier alpha value is -0.750. The van der Waals surface area contributed by atoms with E-state index in [-0.39, 0.29) is 40.3 Å². The van der Waals surface area contributed by atoms with Gasteiger partial charge in [0.05, 0.1) is 17.7 Å². The van der Waals surface area contributed by atoms with Crippen molar-refractivity contribution in [3.63, 3.8) is 0 Å². The Morgan fingerprint density at radius 2 is 1.45 bits per heavy atom. The van der Waals surface area contributed by atoms with E-state index in [0.29, 0.717) is 12.1 Å². The lowest BCUT2D eigenvalue weighted by Gasteiger charge is -2.32. The molecule has 0 heterocycles. The zero-order chi connectivity index (χ0) is 21.8. The number of rotatable bonds is 5. The van der Waals surface area contributed by atoms with Crippen molar-refractivity contribution in [2.24, 2.45) is 0 Å². The Labute approximate surface area is 213 Å². The average molecular weight is 764 g/mol. The smallest absolute Gasteiger partial charge is 0.337 e. The third kappa shape index (κ3) is 7.16. The number of carboxylic acids is 1. The second kappa shape index (κ2) is 12.2. The predicted octanol–water partition coefficient (Wildman–Crippen LogP) is 2.94. The highest BCUT2D eigenvalue weighted by molar-refractivity contribution is 14.1. The molecule has 0 spiro atoms. The summed E-state index contributed by atoms with van der Waals surface area (Å²) in [6.45, 7) is 2.89. The summed E-state index contributed by atoms with van der Waals surface area (Å²) in [5.41, 5.74) is -0.0172. The van der Waals surface area contributed by atoms with Crippen LogP contribution in [0.2, 0.25) is 0 Å². The molecule has 0 saturated carbocycles.